The van der Waals surface area contributed by atoms with Crippen molar-refractivity contribution in [2.45, 2.75) is 31.4 Å². The van der Waals surface area contributed by atoms with Gasteiger partial charge >= 0.3 is 5.97 Å². The van der Waals surface area contributed by atoms with E-state index in [1.807, 2.05) is 18.2 Å². The van der Waals surface area contributed by atoms with E-state index in [9.17, 15) is 4.79 Å². The third kappa shape index (κ3) is 2.20. The Morgan fingerprint density at radius 3 is 2.69 bits per heavy atom. The number of hydrogen-bond donors (Lipinski definition) is 1. The summed E-state index contributed by atoms with van der Waals surface area (Å²) in [7, 11) is 0. The highest BCUT2D eigenvalue weighted by Crippen LogP contribution is 2.30. The fourth-order valence-electron chi connectivity index (χ4n) is 1.66. The zero-order valence-electron chi connectivity index (χ0n) is 8.91. The van der Waals surface area contributed by atoms with E-state index in [0.29, 0.717) is 17.9 Å². The Balaban J connectivity index is 1.93. The number of carbonyl (C=O) groups excluding carboxylic acids is 1. The van der Waals surface area contributed by atoms with E-state index in [1.165, 1.54) is 0 Å². The summed E-state index contributed by atoms with van der Waals surface area (Å²) in [6, 6.07) is 7.30. The van der Waals surface area contributed by atoms with Crippen molar-refractivity contribution < 1.29 is 9.53 Å². The molecule has 0 aromatic heterocycles. The largest absolute Gasteiger partial charge is 0.459 e. The second kappa shape index (κ2) is 4.44. The van der Waals surface area contributed by atoms with E-state index >= 15 is 0 Å². The average Bonchev–Trinajstić information content (AvgIpc) is 2.24. The van der Waals surface area contributed by atoms with Crippen LogP contribution in [-0.4, -0.2) is 11.5 Å². The van der Waals surface area contributed by atoms with Gasteiger partial charge in [-0.25, -0.2) is 0 Å². The summed E-state index contributed by atoms with van der Waals surface area (Å²) >= 11 is 5.95. The fourth-order valence-corrected chi connectivity index (χ4v) is 1.85. The number of benzene rings is 1. The monoisotopic (exact) mass is 239 g/mol. The molecular formula is C12H14ClNO2. The van der Waals surface area contributed by atoms with Crippen molar-refractivity contribution in [3.8, 4) is 0 Å². The van der Waals surface area contributed by atoms with Crippen molar-refractivity contribution in [3.63, 3.8) is 0 Å². The van der Waals surface area contributed by atoms with Crippen molar-refractivity contribution >= 4 is 17.6 Å². The highest BCUT2D eigenvalue weighted by atomic mass is 35.5. The summed E-state index contributed by atoms with van der Waals surface area (Å²) in [6.07, 6.45) is 2.43. The van der Waals surface area contributed by atoms with E-state index in [1.54, 1.807) is 6.07 Å². The lowest BCUT2D eigenvalue weighted by Gasteiger charge is -2.35. The Hall–Kier alpha value is -1.06. The minimum absolute atomic E-state index is 0.192. The molecule has 1 aliphatic carbocycles. The third-order valence-electron chi connectivity index (χ3n) is 2.97. The van der Waals surface area contributed by atoms with Crippen LogP contribution in [0.4, 0.5) is 0 Å². The molecule has 1 aromatic carbocycles. The molecule has 0 radical (unpaired) electrons. The first-order chi connectivity index (χ1) is 7.62. The van der Waals surface area contributed by atoms with Crippen LogP contribution in [0.5, 0.6) is 0 Å². The van der Waals surface area contributed by atoms with Gasteiger partial charge in [0, 0.05) is 10.6 Å². The molecule has 1 aliphatic rings. The highest BCUT2D eigenvalue weighted by Gasteiger charge is 2.41. The molecule has 86 valence electrons. The van der Waals surface area contributed by atoms with Crippen molar-refractivity contribution in [3.05, 3.63) is 34.9 Å². The second-order valence-corrected chi connectivity index (χ2v) is 4.58. The number of carbonyl (C=O) groups is 1. The molecule has 0 unspecified atom stereocenters. The molecule has 0 bridgehead atoms. The van der Waals surface area contributed by atoms with Gasteiger partial charge in [0.05, 0.1) is 0 Å². The molecule has 2 N–H and O–H groups in total. The summed E-state index contributed by atoms with van der Waals surface area (Å²) in [5.74, 6) is -0.321. The normalized spacial score (nSPS) is 17.6. The lowest BCUT2D eigenvalue weighted by atomic mass is 9.78. The fraction of sp³-hybridized carbons (Fsp3) is 0.417. The molecule has 0 spiro atoms. The Labute approximate surface area is 99.5 Å². The molecule has 0 amide bonds. The van der Waals surface area contributed by atoms with E-state index in [2.05, 4.69) is 0 Å². The van der Waals surface area contributed by atoms with Crippen molar-refractivity contribution in [1.29, 1.82) is 0 Å². The van der Waals surface area contributed by atoms with Crippen LogP contribution >= 0.6 is 11.6 Å². The first kappa shape index (κ1) is 11.4. The summed E-state index contributed by atoms with van der Waals surface area (Å²) in [6.45, 7) is 0.192. The molecule has 0 saturated heterocycles. The first-order valence-corrected chi connectivity index (χ1v) is 5.69. The second-order valence-electron chi connectivity index (χ2n) is 4.18. The Morgan fingerprint density at radius 2 is 2.12 bits per heavy atom. The molecule has 1 saturated carbocycles. The van der Waals surface area contributed by atoms with Gasteiger partial charge in [-0.1, -0.05) is 29.8 Å². The number of halogens is 1. The zero-order valence-corrected chi connectivity index (χ0v) is 9.67. The van der Waals surface area contributed by atoms with Crippen LogP contribution in [0.1, 0.15) is 24.8 Å². The van der Waals surface area contributed by atoms with Gasteiger partial charge < -0.3 is 10.5 Å². The highest BCUT2D eigenvalue weighted by molar-refractivity contribution is 6.31. The van der Waals surface area contributed by atoms with Gasteiger partial charge in [-0.2, -0.15) is 0 Å². The molecule has 1 aromatic rings. The molecule has 1 fully saturated rings. The molecule has 0 heterocycles. The van der Waals surface area contributed by atoms with Crippen LogP contribution in [0.3, 0.4) is 0 Å². The predicted octanol–water partition coefficient (Wildman–Crippen LogP) is 2.26. The van der Waals surface area contributed by atoms with Gasteiger partial charge in [0.1, 0.15) is 12.1 Å². The lowest BCUT2D eigenvalue weighted by Crippen LogP contribution is -2.54. The maximum Gasteiger partial charge on any atom is 0.326 e. The Bertz CT molecular complexity index is 402. The van der Waals surface area contributed by atoms with E-state index in [-0.39, 0.29) is 12.6 Å². The topological polar surface area (TPSA) is 52.3 Å². The number of rotatable bonds is 3. The van der Waals surface area contributed by atoms with Gasteiger partial charge in [-0.3, -0.25) is 4.79 Å². The van der Waals surface area contributed by atoms with Gasteiger partial charge in [-0.05, 0) is 25.3 Å². The maximum atomic E-state index is 11.6. The van der Waals surface area contributed by atoms with E-state index in [0.717, 1.165) is 12.0 Å². The first-order valence-electron chi connectivity index (χ1n) is 5.31. The summed E-state index contributed by atoms with van der Waals surface area (Å²) in [5.41, 5.74) is 5.90. The summed E-state index contributed by atoms with van der Waals surface area (Å²) < 4.78 is 5.17. The average molecular weight is 240 g/mol. The number of ether oxygens (including phenoxy) is 1. The Kier molecular flexibility index (Phi) is 3.17. The number of nitrogens with two attached hydrogens (primary N) is 1. The summed E-state index contributed by atoms with van der Waals surface area (Å²) in [4.78, 5) is 11.6. The SMILES string of the molecule is NC1(C(=O)OCc2ccccc2Cl)CCC1. The smallest absolute Gasteiger partial charge is 0.326 e. The van der Waals surface area contributed by atoms with E-state index < -0.39 is 5.54 Å². The standard InChI is InChI=1S/C12H14ClNO2/c13-10-5-2-1-4-9(10)8-16-11(15)12(14)6-3-7-12/h1-2,4-5H,3,6-8,14H2. The quantitative estimate of drug-likeness (QED) is 0.824. The van der Waals surface area contributed by atoms with Crippen LogP contribution in [0.15, 0.2) is 24.3 Å². The minimum Gasteiger partial charge on any atom is -0.459 e. The van der Waals surface area contributed by atoms with Crippen LogP contribution in [0, 0.1) is 0 Å². The van der Waals surface area contributed by atoms with Crippen molar-refractivity contribution in [1.82, 2.24) is 0 Å². The van der Waals surface area contributed by atoms with Gasteiger partial charge in [-0.15, -0.1) is 0 Å². The Morgan fingerprint density at radius 1 is 1.44 bits per heavy atom. The minimum atomic E-state index is -0.749. The molecule has 0 aliphatic heterocycles. The van der Waals surface area contributed by atoms with Gasteiger partial charge in [0.15, 0.2) is 0 Å². The molecule has 0 atom stereocenters. The van der Waals surface area contributed by atoms with Crippen molar-refractivity contribution in [2.75, 3.05) is 0 Å². The number of esters is 1. The van der Waals surface area contributed by atoms with Gasteiger partial charge in [0.25, 0.3) is 0 Å². The molecule has 3 nitrogen and oxygen atoms in total. The van der Waals surface area contributed by atoms with Gasteiger partial charge in [0.2, 0.25) is 0 Å². The molecule has 2 rings (SSSR count). The third-order valence-corrected chi connectivity index (χ3v) is 3.34. The van der Waals surface area contributed by atoms with Crippen LogP contribution in [0.2, 0.25) is 5.02 Å². The number of hydrogen-bond acceptors (Lipinski definition) is 3. The van der Waals surface area contributed by atoms with Crippen molar-refractivity contribution in [2.24, 2.45) is 5.73 Å². The van der Waals surface area contributed by atoms with Crippen LogP contribution < -0.4 is 5.73 Å². The molecule has 4 heteroatoms. The summed E-state index contributed by atoms with van der Waals surface area (Å²) in [5, 5.41) is 0.606. The zero-order chi connectivity index (χ0) is 11.6. The predicted molar refractivity (Wildman–Crippen MR) is 62.0 cm³/mol. The van der Waals surface area contributed by atoms with Crippen LogP contribution in [-0.2, 0) is 16.1 Å². The molecular weight excluding hydrogens is 226 g/mol. The van der Waals surface area contributed by atoms with E-state index in [4.69, 9.17) is 22.1 Å². The van der Waals surface area contributed by atoms with Crippen LogP contribution in [0.25, 0.3) is 0 Å². The molecule has 16 heavy (non-hydrogen) atoms. The maximum absolute atomic E-state index is 11.6. The lowest BCUT2D eigenvalue weighted by molar-refractivity contribution is -0.155.